The molecule has 0 aromatic heterocycles. The molecule has 0 fully saturated rings. The first kappa shape index (κ1) is 12.7. The second-order valence-corrected chi connectivity index (χ2v) is 4.02. The molecule has 0 atom stereocenters. The number of nitriles is 1. The van der Waals surface area contributed by atoms with Gasteiger partial charge in [-0.15, -0.1) is 0 Å². The molecule has 2 aromatic rings. The zero-order valence-electron chi connectivity index (χ0n) is 10.1. The Morgan fingerprint density at radius 1 is 0.789 bits per heavy atom. The van der Waals surface area contributed by atoms with Crippen LogP contribution in [0.15, 0.2) is 60.7 Å². The van der Waals surface area contributed by atoms with Gasteiger partial charge in [0.2, 0.25) is 0 Å². The quantitative estimate of drug-likeness (QED) is 0.618. The molecule has 0 N–H and O–H groups in total. The maximum absolute atomic E-state index is 12.1. The molecule has 0 aliphatic rings. The van der Waals surface area contributed by atoms with Crippen molar-refractivity contribution in [1.29, 1.82) is 5.26 Å². The van der Waals surface area contributed by atoms with Gasteiger partial charge in [0, 0.05) is 11.1 Å². The maximum atomic E-state index is 12.1. The number of ketones is 2. The highest BCUT2D eigenvalue weighted by Gasteiger charge is 2.28. The van der Waals surface area contributed by atoms with Crippen molar-refractivity contribution in [2.75, 3.05) is 0 Å². The van der Waals surface area contributed by atoms with E-state index in [9.17, 15) is 9.59 Å². The monoisotopic (exact) mass is 249 g/mol. The van der Waals surface area contributed by atoms with E-state index in [1.54, 1.807) is 66.7 Å². The summed E-state index contributed by atoms with van der Waals surface area (Å²) in [6.45, 7) is 0. The first-order valence-electron chi connectivity index (χ1n) is 5.82. The second-order valence-electron chi connectivity index (χ2n) is 4.02. The van der Waals surface area contributed by atoms with Crippen LogP contribution in [0.1, 0.15) is 20.7 Å². The number of benzene rings is 2. The number of nitrogens with zero attached hydrogens (tertiary/aromatic N) is 1. The third-order valence-corrected chi connectivity index (χ3v) is 2.77. The molecule has 0 aliphatic carbocycles. The molecule has 2 rings (SSSR count). The third kappa shape index (κ3) is 2.75. The Kier molecular flexibility index (Phi) is 3.84. The molecule has 0 heterocycles. The molecule has 0 bridgehead atoms. The van der Waals surface area contributed by atoms with Gasteiger partial charge in [-0.3, -0.25) is 9.59 Å². The molecule has 0 unspecified atom stereocenters. The van der Waals surface area contributed by atoms with E-state index in [1.807, 2.05) is 0 Å². The number of hydrogen-bond donors (Lipinski definition) is 0. The third-order valence-electron chi connectivity index (χ3n) is 2.77. The summed E-state index contributed by atoms with van der Waals surface area (Å²) in [6, 6.07) is 18.6. The molecule has 0 amide bonds. The summed E-state index contributed by atoms with van der Waals surface area (Å²) in [5, 5.41) is 9.10. The highest BCUT2D eigenvalue weighted by Crippen LogP contribution is 2.14. The largest absolute Gasteiger partial charge is 0.292 e. The minimum Gasteiger partial charge on any atom is -0.292 e. The first-order valence-corrected chi connectivity index (χ1v) is 5.82. The van der Waals surface area contributed by atoms with Crippen molar-refractivity contribution < 1.29 is 9.59 Å². The van der Waals surface area contributed by atoms with Crippen LogP contribution in [-0.4, -0.2) is 11.6 Å². The van der Waals surface area contributed by atoms with Gasteiger partial charge in [-0.1, -0.05) is 60.7 Å². The first-order chi connectivity index (χ1) is 9.24. The summed E-state index contributed by atoms with van der Waals surface area (Å²) in [5.41, 5.74) is 0.747. The van der Waals surface area contributed by atoms with Gasteiger partial charge in [0.25, 0.3) is 0 Å². The van der Waals surface area contributed by atoms with E-state index >= 15 is 0 Å². The topological polar surface area (TPSA) is 57.9 Å². The SMILES string of the molecule is N#CC(C(=O)c1ccccc1)C(=O)c1ccccc1. The van der Waals surface area contributed by atoms with E-state index in [0.29, 0.717) is 11.1 Å². The van der Waals surface area contributed by atoms with Crippen LogP contribution in [0.4, 0.5) is 0 Å². The lowest BCUT2D eigenvalue weighted by Gasteiger charge is -2.07. The summed E-state index contributed by atoms with van der Waals surface area (Å²) in [7, 11) is 0. The molecule has 3 nitrogen and oxygen atoms in total. The molecule has 0 saturated carbocycles. The fraction of sp³-hybridized carbons (Fsp3) is 0.0625. The fourth-order valence-electron chi connectivity index (χ4n) is 1.77. The van der Waals surface area contributed by atoms with Crippen molar-refractivity contribution in [1.82, 2.24) is 0 Å². The zero-order valence-corrected chi connectivity index (χ0v) is 10.1. The second kappa shape index (κ2) is 5.74. The Labute approximate surface area is 111 Å². The number of carbonyl (C=O) groups excluding carboxylic acids is 2. The molecule has 2 aromatic carbocycles. The van der Waals surface area contributed by atoms with Crippen molar-refractivity contribution in [3.8, 4) is 6.07 Å². The van der Waals surface area contributed by atoms with Gasteiger partial charge in [-0.25, -0.2) is 0 Å². The summed E-state index contributed by atoms with van der Waals surface area (Å²) in [4.78, 5) is 24.3. The van der Waals surface area contributed by atoms with Gasteiger partial charge in [0.05, 0.1) is 6.07 Å². The van der Waals surface area contributed by atoms with E-state index in [1.165, 1.54) is 0 Å². The van der Waals surface area contributed by atoms with Crippen LogP contribution in [0.5, 0.6) is 0 Å². The Hall–Kier alpha value is -2.73. The molecule has 0 radical (unpaired) electrons. The minimum atomic E-state index is -1.29. The number of hydrogen-bond acceptors (Lipinski definition) is 3. The van der Waals surface area contributed by atoms with Crippen LogP contribution < -0.4 is 0 Å². The minimum absolute atomic E-state index is 0.373. The van der Waals surface area contributed by atoms with Crippen LogP contribution in [0, 0.1) is 17.2 Å². The van der Waals surface area contributed by atoms with E-state index in [0.717, 1.165) is 0 Å². The van der Waals surface area contributed by atoms with Gasteiger partial charge in [-0.2, -0.15) is 5.26 Å². The number of rotatable bonds is 4. The van der Waals surface area contributed by atoms with Gasteiger partial charge in [0.15, 0.2) is 17.5 Å². The lowest BCUT2D eigenvalue weighted by Crippen LogP contribution is -2.22. The van der Waals surface area contributed by atoms with Crippen LogP contribution in [0.3, 0.4) is 0 Å². The Morgan fingerprint density at radius 2 is 1.16 bits per heavy atom. The Morgan fingerprint density at radius 3 is 1.47 bits per heavy atom. The zero-order chi connectivity index (χ0) is 13.7. The highest BCUT2D eigenvalue weighted by molar-refractivity contribution is 6.17. The standard InChI is InChI=1S/C16H11NO2/c17-11-14(15(18)12-7-3-1-4-8-12)16(19)13-9-5-2-6-10-13/h1-10,14H. The van der Waals surface area contributed by atoms with Crippen molar-refractivity contribution in [3.05, 3.63) is 71.8 Å². The van der Waals surface area contributed by atoms with Crippen molar-refractivity contribution >= 4 is 11.6 Å². The van der Waals surface area contributed by atoms with Gasteiger partial charge >= 0.3 is 0 Å². The Balaban J connectivity index is 2.29. The summed E-state index contributed by atoms with van der Waals surface area (Å²) < 4.78 is 0. The average Bonchev–Trinajstić information content (AvgIpc) is 2.49. The summed E-state index contributed by atoms with van der Waals surface area (Å²) in [5.74, 6) is -2.21. The van der Waals surface area contributed by atoms with Crippen molar-refractivity contribution in [2.45, 2.75) is 0 Å². The van der Waals surface area contributed by atoms with Crippen molar-refractivity contribution in [2.24, 2.45) is 5.92 Å². The normalized spacial score (nSPS) is 9.89. The van der Waals surface area contributed by atoms with E-state index in [2.05, 4.69) is 0 Å². The number of Topliss-reactive ketones (excluding diaryl/α,β-unsaturated/α-hetero) is 2. The molecular formula is C16H11NO2. The van der Waals surface area contributed by atoms with Crippen molar-refractivity contribution in [3.63, 3.8) is 0 Å². The summed E-state index contributed by atoms with van der Waals surface area (Å²) in [6.07, 6.45) is 0. The van der Waals surface area contributed by atoms with Crippen LogP contribution in [0.25, 0.3) is 0 Å². The van der Waals surface area contributed by atoms with Crippen LogP contribution >= 0.6 is 0 Å². The molecule has 0 aliphatic heterocycles. The fourth-order valence-corrected chi connectivity index (χ4v) is 1.77. The smallest absolute Gasteiger partial charge is 0.187 e. The molecule has 3 heteroatoms. The predicted molar refractivity (Wildman–Crippen MR) is 70.6 cm³/mol. The highest BCUT2D eigenvalue weighted by atomic mass is 16.1. The summed E-state index contributed by atoms with van der Waals surface area (Å²) >= 11 is 0. The van der Waals surface area contributed by atoms with E-state index < -0.39 is 17.5 Å². The molecule has 0 spiro atoms. The van der Waals surface area contributed by atoms with Gasteiger partial charge in [0.1, 0.15) is 0 Å². The average molecular weight is 249 g/mol. The lowest BCUT2D eigenvalue weighted by atomic mass is 9.91. The maximum Gasteiger partial charge on any atom is 0.187 e. The molecule has 0 saturated heterocycles. The van der Waals surface area contributed by atoms with E-state index in [4.69, 9.17) is 5.26 Å². The predicted octanol–water partition coefficient (Wildman–Crippen LogP) is 2.89. The number of carbonyl (C=O) groups is 2. The van der Waals surface area contributed by atoms with Gasteiger partial charge in [-0.05, 0) is 0 Å². The molecular weight excluding hydrogens is 238 g/mol. The lowest BCUT2D eigenvalue weighted by molar-refractivity contribution is 0.0846. The molecule has 92 valence electrons. The van der Waals surface area contributed by atoms with Gasteiger partial charge < -0.3 is 0 Å². The Bertz CT molecular complexity index is 575. The van der Waals surface area contributed by atoms with Crippen LogP contribution in [0.2, 0.25) is 0 Å². The van der Waals surface area contributed by atoms with E-state index in [-0.39, 0.29) is 0 Å². The molecule has 19 heavy (non-hydrogen) atoms. The van der Waals surface area contributed by atoms with Crippen LogP contribution in [-0.2, 0) is 0 Å².